The molecule has 1 aliphatic carbocycles. The van der Waals surface area contributed by atoms with E-state index < -0.39 is 11.3 Å². The van der Waals surface area contributed by atoms with Crippen molar-refractivity contribution in [2.75, 3.05) is 0 Å². The number of fused-ring (bicyclic) bond motifs is 1. The number of amides is 1. The second-order valence-corrected chi connectivity index (χ2v) is 5.93. The summed E-state index contributed by atoms with van der Waals surface area (Å²) < 4.78 is 0. The molecule has 3 rings (SSSR count). The number of halogens is 1. The van der Waals surface area contributed by atoms with Crippen LogP contribution in [0, 0.1) is 5.92 Å². The Hall–Kier alpha value is -2.13. The summed E-state index contributed by atoms with van der Waals surface area (Å²) in [7, 11) is 0. The molecular formula is C18H16ClNO2. The van der Waals surface area contributed by atoms with Crippen LogP contribution in [0.15, 0.2) is 54.6 Å². The van der Waals surface area contributed by atoms with Crippen LogP contribution in [0.3, 0.4) is 0 Å². The Morgan fingerprint density at radius 2 is 1.77 bits per heavy atom. The zero-order valence-corrected chi connectivity index (χ0v) is 12.7. The molecule has 0 heterocycles. The van der Waals surface area contributed by atoms with Crippen LogP contribution >= 0.6 is 11.6 Å². The molecule has 2 aromatic carbocycles. The minimum absolute atomic E-state index is 0.180. The summed E-state index contributed by atoms with van der Waals surface area (Å²) in [5.41, 5.74) is 2.64. The Balaban J connectivity index is 1.84. The molecule has 0 radical (unpaired) electrons. The van der Waals surface area contributed by atoms with Gasteiger partial charge in [-0.05, 0) is 29.7 Å². The van der Waals surface area contributed by atoms with Crippen LogP contribution < -0.4 is 5.32 Å². The number of rotatable bonds is 3. The lowest BCUT2D eigenvalue weighted by Gasteiger charge is -2.34. The predicted molar refractivity (Wildman–Crippen MR) is 86.0 cm³/mol. The summed E-state index contributed by atoms with van der Waals surface area (Å²) in [5.74, 6) is -0.607. The van der Waals surface area contributed by atoms with Crippen LogP contribution in [0.5, 0.6) is 0 Å². The van der Waals surface area contributed by atoms with Crippen molar-refractivity contribution in [3.8, 4) is 0 Å². The van der Waals surface area contributed by atoms with Crippen molar-refractivity contribution in [2.45, 2.75) is 17.8 Å². The molecule has 0 saturated carbocycles. The minimum Gasteiger partial charge on any atom is -0.348 e. The third kappa shape index (κ3) is 2.77. The summed E-state index contributed by atoms with van der Waals surface area (Å²) in [6.45, 7) is 0. The lowest BCUT2D eigenvalue weighted by molar-refractivity contribution is -0.112. The van der Waals surface area contributed by atoms with Crippen molar-refractivity contribution in [3.63, 3.8) is 0 Å². The second-order valence-electron chi connectivity index (χ2n) is 5.46. The van der Waals surface area contributed by atoms with Crippen LogP contribution in [-0.2, 0) is 11.2 Å². The zero-order chi connectivity index (χ0) is 15.5. The van der Waals surface area contributed by atoms with Crippen LogP contribution in [0.25, 0.3) is 0 Å². The summed E-state index contributed by atoms with van der Waals surface area (Å²) in [6.07, 6.45) is 1.46. The van der Waals surface area contributed by atoms with Gasteiger partial charge in [-0.15, -0.1) is 11.6 Å². The fraction of sp³-hybridized carbons (Fsp3) is 0.222. The fourth-order valence-corrected chi connectivity index (χ4v) is 3.37. The second kappa shape index (κ2) is 6.32. The molecule has 1 aliphatic rings. The van der Waals surface area contributed by atoms with Crippen molar-refractivity contribution >= 4 is 23.8 Å². The van der Waals surface area contributed by atoms with E-state index in [1.54, 1.807) is 12.1 Å². The van der Waals surface area contributed by atoms with Gasteiger partial charge < -0.3 is 10.1 Å². The molecule has 0 bridgehead atoms. The maximum atomic E-state index is 12.3. The van der Waals surface area contributed by atoms with Crippen molar-refractivity contribution in [1.29, 1.82) is 0 Å². The normalized spacial score (nSPS) is 23.4. The first kappa shape index (κ1) is 14.8. The molecule has 0 spiro atoms. The van der Waals surface area contributed by atoms with E-state index >= 15 is 0 Å². The molecule has 0 fully saturated rings. The van der Waals surface area contributed by atoms with Gasteiger partial charge in [0.15, 0.2) is 0 Å². The quantitative estimate of drug-likeness (QED) is 0.699. The molecule has 3 atom stereocenters. The van der Waals surface area contributed by atoms with Gasteiger partial charge in [-0.2, -0.15) is 0 Å². The van der Waals surface area contributed by atoms with Gasteiger partial charge in [-0.25, -0.2) is 0 Å². The summed E-state index contributed by atoms with van der Waals surface area (Å²) in [6, 6.07) is 16.5. The van der Waals surface area contributed by atoms with Crippen LogP contribution in [-0.4, -0.2) is 18.2 Å². The molecule has 112 valence electrons. The van der Waals surface area contributed by atoms with Crippen LogP contribution in [0.1, 0.15) is 26.9 Å². The molecular weight excluding hydrogens is 298 g/mol. The van der Waals surface area contributed by atoms with Crippen molar-refractivity contribution in [3.05, 3.63) is 71.3 Å². The van der Waals surface area contributed by atoms with Gasteiger partial charge in [0, 0.05) is 11.6 Å². The van der Waals surface area contributed by atoms with Gasteiger partial charge in [0.2, 0.25) is 0 Å². The summed E-state index contributed by atoms with van der Waals surface area (Å²) >= 11 is 6.45. The number of hydrogen-bond donors (Lipinski definition) is 1. The highest BCUT2D eigenvalue weighted by Crippen LogP contribution is 2.38. The lowest BCUT2D eigenvalue weighted by atomic mass is 9.80. The van der Waals surface area contributed by atoms with E-state index in [2.05, 4.69) is 5.32 Å². The number of nitrogens with one attached hydrogen (secondary N) is 1. The van der Waals surface area contributed by atoms with Crippen LogP contribution in [0.2, 0.25) is 0 Å². The number of hydrogen-bond acceptors (Lipinski definition) is 2. The first-order valence-corrected chi connectivity index (χ1v) is 7.67. The minimum atomic E-state index is -0.427. The molecule has 1 amide bonds. The van der Waals surface area contributed by atoms with E-state index in [9.17, 15) is 9.59 Å². The third-order valence-electron chi connectivity index (χ3n) is 4.10. The molecule has 4 heteroatoms. The number of carbonyl (C=O) groups is 2. The van der Waals surface area contributed by atoms with E-state index in [1.807, 2.05) is 42.5 Å². The topological polar surface area (TPSA) is 46.2 Å². The van der Waals surface area contributed by atoms with Crippen LogP contribution in [0.4, 0.5) is 0 Å². The smallest absolute Gasteiger partial charge is 0.251 e. The number of carbonyl (C=O) groups excluding carboxylic acids is 2. The van der Waals surface area contributed by atoms with Gasteiger partial charge in [0.05, 0.1) is 11.3 Å². The number of benzene rings is 2. The van der Waals surface area contributed by atoms with E-state index in [4.69, 9.17) is 11.6 Å². The predicted octanol–water partition coefficient (Wildman–Crippen LogP) is 3.14. The van der Waals surface area contributed by atoms with Gasteiger partial charge in [-0.1, -0.05) is 42.5 Å². The molecule has 0 aliphatic heterocycles. The molecule has 0 saturated heterocycles. The highest BCUT2D eigenvalue weighted by molar-refractivity contribution is 6.22. The van der Waals surface area contributed by atoms with Gasteiger partial charge in [0.1, 0.15) is 6.29 Å². The molecule has 22 heavy (non-hydrogen) atoms. The van der Waals surface area contributed by atoms with E-state index in [-0.39, 0.29) is 11.9 Å². The fourth-order valence-electron chi connectivity index (χ4n) is 2.93. The monoisotopic (exact) mass is 313 g/mol. The molecule has 0 aromatic heterocycles. The van der Waals surface area contributed by atoms with E-state index in [1.165, 1.54) is 0 Å². The molecule has 3 nitrogen and oxygen atoms in total. The largest absolute Gasteiger partial charge is 0.348 e. The Morgan fingerprint density at radius 3 is 2.50 bits per heavy atom. The van der Waals surface area contributed by atoms with E-state index in [0.29, 0.717) is 12.0 Å². The first-order valence-electron chi connectivity index (χ1n) is 7.24. The van der Waals surface area contributed by atoms with E-state index in [0.717, 1.165) is 17.4 Å². The lowest BCUT2D eigenvalue weighted by Crippen LogP contribution is -2.46. The highest BCUT2D eigenvalue weighted by Gasteiger charge is 2.36. The van der Waals surface area contributed by atoms with Crippen molar-refractivity contribution in [2.24, 2.45) is 5.92 Å². The first-order chi connectivity index (χ1) is 10.7. The Labute approximate surface area is 134 Å². The SMILES string of the molecule is O=CC1C(NC(=O)c2ccccc2)Cc2ccccc2C1Cl. The van der Waals surface area contributed by atoms with Gasteiger partial charge >= 0.3 is 0 Å². The molecule has 3 unspecified atom stereocenters. The average Bonchev–Trinajstić information content (AvgIpc) is 2.56. The van der Waals surface area contributed by atoms with Gasteiger partial charge in [-0.3, -0.25) is 4.79 Å². The van der Waals surface area contributed by atoms with Gasteiger partial charge in [0.25, 0.3) is 5.91 Å². The summed E-state index contributed by atoms with van der Waals surface area (Å²) in [4.78, 5) is 23.8. The Kier molecular flexibility index (Phi) is 4.25. The van der Waals surface area contributed by atoms with Crippen molar-refractivity contribution in [1.82, 2.24) is 5.32 Å². The summed E-state index contributed by atoms with van der Waals surface area (Å²) in [5, 5.41) is 2.54. The molecule has 1 N–H and O–H groups in total. The number of aldehydes is 1. The zero-order valence-electron chi connectivity index (χ0n) is 11.9. The average molecular weight is 314 g/mol. The Bertz CT molecular complexity index is 686. The Morgan fingerprint density at radius 1 is 1.09 bits per heavy atom. The highest BCUT2D eigenvalue weighted by atomic mass is 35.5. The number of alkyl halides is 1. The maximum absolute atomic E-state index is 12.3. The molecule has 2 aromatic rings. The third-order valence-corrected chi connectivity index (χ3v) is 4.63. The maximum Gasteiger partial charge on any atom is 0.251 e. The van der Waals surface area contributed by atoms with Crippen molar-refractivity contribution < 1.29 is 9.59 Å². The standard InChI is InChI=1S/C18H16ClNO2/c19-17-14-9-5-4-8-13(14)10-16(15(17)11-21)20-18(22)12-6-2-1-3-7-12/h1-9,11,15-17H,10H2,(H,20,22).